The monoisotopic (exact) mass is 523 g/mol. The number of carbonyl (C=O) groups is 2. The zero-order valence-electron chi connectivity index (χ0n) is 19.2. The predicted octanol–water partition coefficient (Wildman–Crippen LogP) is 3.39. The van der Waals surface area contributed by atoms with Gasteiger partial charge in [0.25, 0.3) is 5.91 Å². The summed E-state index contributed by atoms with van der Waals surface area (Å²) >= 11 is 1.25. The molecule has 9 nitrogen and oxygen atoms in total. The van der Waals surface area contributed by atoms with Gasteiger partial charge in [-0.1, -0.05) is 0 Å². The summed E-state index contributed by atoms with van der Waals surface area (Å²) in [4.78, 5) is 43.8. The first-order valence-electron chi connectivity index (χ1n) is 11.2. The maximum atomic E-state index is 13.6. The van der Waals surface area contributed by atoms with Crippen LogP contribution in [-0.4, -0.2) is 62.0 Å². The number of rotatable bonds is 6. The van der Waals surface area contributed by atoms with Crippen LogP contribution in [0.25, 0.3) is 10.3 Å². The topological polar surface area (TPSA) is 113 Å². The molecule has 1 atom stereocenters. The third kappa shape index (κ3) is 4.33. The molecule has 3 aromatic rings. The highest BCUT2D eigenvalue weighted by molar-refractivity contribution is 7.18. The smallest absolute Gasteiger partial charge is 0.349 e. The highest BCUT2D eigenvalue weighted by Gasteiger charge is 2.68. The number of amides is 2. The van der Waals surface area contributed by atoms with Crippen LogP contribution >= 0.6 is 11.3 Å². The Morgan fingerprint density at radius 1 is 1.19 bits per heavy atom. The lowest BCUT2D eigenvalue weighted by molar-refractivity contribution is -0.193. The second kappa shape index (κ2) is 8.61. The highest BCUT2D eigenvalue weighted by Crippen LogP contribution is 2.57. The van der Waals surface area contributed by atoms with E-state index in [1.54, 1.807) is 13.8 Å². The highest BCUT2D eigenvalue weighted by atomic mass is 32.1. The number of likely N-dealkylation sites (tertiary alicyclic amines) is 1. The summed E-state index contributed by atoms with van der Waals surface area (Å²) in [7, 11) is 0. The van der Waals surface area contributed by atoms with Gasteiger partial charge in [-0.25, -0.2) is 14.4 Å². The number of aromatic nitrogens is 4. The fourth-order valence-corrected chi connectivity index (χ4v) is 4.89. The van der Waals surface area contributed by atoms with Crippen LogP contribution in [0.4, 0.5) is 23.5 Å². The van der Waals surface area contributed by atoms with Gasteiger partial charge in [-0.3, -0.25) is 14.6 Å². The van der Waals surface area contributed by atoms with Gasteiger partial charge in [0.05, 0.1) is 23.3 Å². The Kier molecular flexibility index (Phi) is 5.80. The average molecular weight is 524 g/mol. The normalized spacial score (nSPS) is 18.0. The SMILES string of the molecule is Cc1nc2nc(NC(C)c3cncc(F)c3)nc(C(=O)N3CC(NC(=O)C4(C(F)(F)F)CC4)C3)c2s1. The van der Waals surface area contributed by atoms with E-state index in [1.807, 2.05) is 0 Å². The molecule has 1 saturated carbocycles. The molecule has 0 aromatic carbocycles. The number of halogens is 4. The molecule has 2 amide bonds. The van der Waals surface area contributed by atoms with Gasteiger partial charge >= 0.3 is 6.18 Å². The van der Waals surface area contributed by atoms with Crippen LogP contribution < -0.4 is 10.6 Å². The second-order valence-corrected chi connectivity index (χ2v) is 10.2. The second-order valence-electron chi connectivity index (χ2n) is 9.04. The van der Waals surface area contributed by atoms with Crippen molar-refractivity contribution in [1.29, 1.82) is 0 Å². The number of nitrogens with one attached hydrogen (secondary N) is 2. The van der Waals surface area contributed by atoms with E-state index in [0.29, 0.717) is 20.9 Å². The van der Waals surface area contributed by atoms with Crippen LogP contribution in [0.1, 0.15) is 46.9 Å². The Labute approximate surface area is 206 Å². The number of fused-ring (bicyclic) bond motifs is 1. The molecular weight excluding hydrogens is 502 g/mol. The zero-order valence-corrected chi connectivity index (χ0v) is 20.0. The van der Waals surface area contributed by atoms with Crippen molar-refractivity contribution < 1.29 is 27.2 Å². The molecule has 2 N–H and O–H groups in total. The van der Waals surface area contributed by atoms with E-state index >= 15 is 0 Å². The van der Waals surface area contributed by atoms with Crippen LogP contribution in [0.3, 0.4) is 0 Å². The van der Waals surface area contributed by atoms with Crippen LogP contribution in [0.15, 0.2) is 18.5 Å². The molecule has 0 radical (unpaired) electrons. The molecule has 4 heterocycles. The minimum Gasteiger partial charge on any atom is -0.349 e. The van der Waals surface area contributed by atoms with E-state index in [9.17, 15) is 27.2 Å². The van der Waals surface area contributed by atoms with E-state index in [4.69, 9.17) is 0 Å². The standard InChI is InChI=1S/C22H21F4N7O2S/c1-10(12-5-13(23)7-27-6-12)28-20-31-15(16-17(32-20)29-11(2)36-16)18(34)33-8-14(9-33)30-19(35)21(3-4-21)22(24,25)26/h5-7,10,14H,3-4,8-9H2,1-2H3,(H,30,35)(H,28,31,32). The van der Waals surface area contributed by atoms with E-state index in [0.717, 1.165) is 6.20 Å². The Bertz CT molecular complexity index is 1350. The maximum absolute atomic E-state index is 13.6. The maximum Gasteiger partial charge on any atom is 0.403 e. The number of alkyl halides is 3. The molecule has 0 bridgehead atoms. The van der Waals surface area contributed by atoms with Crippen molar-refractivity contribution in [3.05, 3.63) is 40.5 Å². The first-order chi connectivity index (χ1) is 17.0. The van der Waals surface area contributed by atoms with Gasteiger partial charge in [0, 0.05) is 19.3 Å². The number of anilines is 1. The lowest BCUT2D eigenvalue weighted by Crippen LogP contribution is -2.62. The molecule has 1 aliphatic carbocycles. The number of aryl methyl sites for hydroxylation is 1. The molecule has 0 spiro atoms. The fraction of sp³-hybridized carbons (Fsp3) is 0.455. The quantitative estimate of drug-likeness (QED) is 0.477. The first-order valence-corrected chi connectivity index (χ1v) is 12.0. The summed E-state index contributed by atoms with van der Waals surface area (Å²) in [5.74, 6) is -1.87. The number of hydrogen-bond acceptors (Lipinski definition) is 8. The van der Waals surface area contributed by atoms with Gasteiger partial charge in [0.1, 0.15) is 15.9 Å². The Morgan fingerprint density at radius 3 is 2.56 bits per heavy atom. The van der Waals surface area contributed by atoms with Crippen LogP contribution in [-0.2, 0) is 4.79 Å². The molecule has 36 heavy (non-hydrogen) atoms. The van der Waals surface area contributed by atoms with Gasteiger partial charge in [-0.15, -0.1) is 11.3 Å². The molecule has 1 unspecified atom stereocenters. The molecular formula is C22H21F4N7O2S. The lowest BCUT2D eigenvalue weighted by atomic mass is 10.0. The summed E-state index contributed by atoms with van der Waals surface area (Å²) in [6, 6.07) is 0.321. The number of thiazole rings is 1. The minimum atomic E-state index is -4.59. The number of hydrogen-bond donors (Lipinski definition) is 2. The minimum absolute atomic E-state index is 0.0654. The third-order valence-electron chi connectivity index (χ3n) is 6.37. The van der Waals surface area contributed by atoms with Crippen molar-refractivity contribution in [2.75, 3.05) is 18.4 Å². The largest absolute Gasteiger partial charge is 0.403 e. The van der Waals surface area contributed by atoms with E-state index in [2.05, 4.69) is 30.6 Å². The van der Waals surface area contributed by atoms with Crippen molar-refractivity contribution in [3.8, 4) is 0 Å². The lowest BCUT2D eigenvalue weighted by Gasteiger charge is -2.40. The molecule has 1 aliphatic heterocycles. The molecule has 14 heteroatoms. The van der Waals surface area contributed by atoms with E-state index in [-0.39, 0.29) is 37.6 Å². The van der Waals surface area contributed by atoms with E-state index < -0.39 is 41.3 Å². The van der Waals surface area contributed by atoms with Gasteiger partial charge < -0.3 is 15.5 Å². The van der Waals surface area contributed by atoms with Crippen molar-refractivity contribution in [2.24, 2.45) is 5.41 Å². The van der Waals surface area contributed by atoms with Crippen molar-refractivity contribution in [3.63, 3.8) is 0 Å². The van der Waals surface area contributed by atoms with Crippen LogP contribution in [0.2, 0.25) is 0 Å². The molecule has 5 rings (SSSR count). The molecule has 3 aromatic heterocycles. The summed E-state index contributed by atoms with van der Waals surface area (Å²) in [5, 5.41) is 6.12. The number of carbonyl (C=O) groups excluding carboxylic acids is 2. The molecule has 190 valence electrons. The number of pyridine rings is 1. The molecule has 2 aliphatic rings. The van der Waals surface area contributed by atoms with Crippen LogP contribution in [0.5, 0.6) is 0 Å². The summed E-state index contributed by atoms with van der Waals surface area (Å²) < 4.78 is 53.6. The Balaban J connectivity index is 1.31. The van der Waals surface area contributed by atoms with Gasteiger partial charge in [0.2, 0.25) is 11.9 Å². The fourth-order valence-electron chi connectivity index (χ4n) is 4.05. The predicted molar refractivity (Wildman–Crippen MR) is 122 cm³/mol. The van der Waals surface area contributed by atoms with Crippen molar-refractivity contribution in [1.82, 2.24) is 30.2 Å². The summed E-state index contributed by atoms with van der Waals surface area (Å²) in [6.07, 6.45) is -2.45. The molecule has 1 saturated heterocycles. The van der Waals surface area contributed by atoms with Gasteiger partial charge in [-0.05, 0) is 38.3 Å². The summed E-state index contributed by atoms with van der Waals surface area (Å²) in [6.45, 7) is 3.65. The first kappa shape index (κ1) is 24.3. The van der Waals surface area contributed by atoms with Crippen molar-refractivity contribution in [2.45, 2.75) is 44.9 Å². The number of nitrogens with zero attached hydrogens (tertiary/aromatic N) is 5. The Hall–Kier alpha value is -3.42. The van der Waals surface area contributed by atoms with Crippen LogP contribution in [0, 0.1) is 18.2 Å². The van der Waals surface area contributed by atoms with E-state index in [1.165, 1.54) is 28.5 Å². The zero-order chi connectivity index (χ0) is 25.8. The average Bonchev–Trinajstić information content (AvgIpc) is 3.52. The van der Waals surface area contributed by atoms with Gasteiger partial charge in [0.15, 0.2) is 11.3 Å². The molecule has 2 fully saturated rings. The Morgan fingerprint density at radius 2 is 1.92 bits per heavy atom. The third-order valence-corrected chi connectivity index (χ3v) is 7.33. The van der Waals surface area contributed by atoms with Gasteiger partial charge in [-0.2, -0.15) is 18.2 Å². The van der Waals surface area contributed by atoms with Crippen molar-refractivity contribution >= 4 is 39.4 Å². The summed E-state index contributed by atoms with van der Waals surface area (Å²) in [5.41, 5.74) is -1.34.